The van der Waals surface area contributed by atoms with Gasteiger partial charge in [0.25, 0.3) is 0 Å². The molecule has 0 amide bonds. The molecule has 4 aromatic heterocycles. The molecule has 0 radical (unpaired) electrons. The Hall–Kier alpha value is -7.89. The van der Waals surface area contributed by atoms with E-state index in [9.17, 15) is 25.2 Å². The quantitative estimate of drug-likeness (QED) is 0.0463. The van der Waals surface area contributed by atoms with E-state index in [-0.39, 0.29) is 17.1 Å². The Labute approximate surface area is 550 Å². The van der Waals surface area contributed by atoms with Crippen LogP contribution in [0.15, 0.2) is 182 Å². The van der Waals surface area contributed by atoms with Crippen LogP contribution in [0.3, 0.4) is 0 Å². The van der Waals surface area contributed by atoms with E-state index in [4.69, 9.17) is 76.8 Å². The van der Waals surface area contributed by atoms with Crippen molar-refractivity contribution in [3.63, 3.8) is 0 Å². The smallest absolute Gasteiger partial charge is 0.491 e. The van der Waals surface area contributed by atoms with Gasteiger partial charge in [-0.05, 0) is 121 Å². The molecular formula is C70H70CuF6N4O12P. The molecule has 0 saturated carbocycles. The van der Waals surface area contributed by atoms with E-state index < -0.39 is 7.81 Å². The van der Waals surface area contributed by atoms with Crippen molar-refractivity contribution < 1.29 is 99.1 Å². The van der Waals surface area contributed by atoms with Gasteiger partial charge in [0.2, 0.25) is 0 Å². The number of hydrogen-bond donors (Lipinski definition) is 0. The van der Waals surface area contributed by atoms with Gasteiger partial charge in [-0.25, -0.2) is 19.9 Å². The van der Waals surface area contributed by atoms with Gasteiger partial charge in [-0.1, -0.05) is 60.7 Å². The zero-order chi connectivity index (χ0) is 64.6. The van der Waals surface area contributed by atoms with Crippen LogP contribution in [0.4, 0.5) is 25.2 Å². The largest absolute Gasteiger partial charge is 1.00 e. The minimum Gasteiger partial charge on any atom is -0.491 e. The van der Waals surface area contributed by atoms with E-state index in [1.165, 1.54) is 0 Å². The van der Waals surface area contributed by atoms with Gasteiger partial charge in [-0.15, -0.1) is 0 Å². The molecule has 16 bridgehead atoms. The van der Waals surface area contributed by atoms with E-state index in [1.807, 2.05) is 133 Å². The van der Waals surface area contributed by atoms with Crippen molar-refractivity contribution in [1.29, 1.82) is 0 Å². The summed E-state index contributed by atoms with van der Waals surface area (Å²) in [7, 11) is -10.7. The maximum atomic E-state index is 9.87. The van der Waals surface area contributed by atoms with Crippen LogP contribution in [0.5, 0.6) is 23.0 Å². The van der Waals surface area contributed by atoms with Crippen molar-refractivity contribution >= 4 is 51.4 Å². The summed E-state index contributed by atoms with van der Waals surface area (Å²) in [4.78, 5) is 20.2. The van der Waals surface area contributed by atoms with E-state index >= 15 is 0 Å². The fourth-order valence-corrected chi connectivity index (χ4v) is 9.58. The molecule has 0 fully saturated rings. The van der Waals surface area contributed by atoms with Gasteiger partial charge in [0.15, 0.2) is 0 Å². The predicted octanol–water partition coefficient (Wildman–Crippen LogP) is 15.8. The van der Waals surface area contributed by atoms with Crippen molar-refractivity contribution in [1.82, 2.24) is 19.9 Å². The molecule has 6 aliphatic rings. The molecule has 16 rings (SSSR count). The SMILES string of the molecule is C1=C\COCCOCCOc2ccc(cc2)-c2ccc3ccc4ccc(nc4c3n2)-c2ccc(cc2)OCCOCCOC/1.F[P-](F)(F)(F)(F)F.[Cu+].c1cc2ccc1OCCOCCOCCOCCOCCOc1ccc(cc1)-c1ccc3ccc4ccc-2nc4c3n1. The summed E-state index contributed by atoms with van der Waals surface area (Å²) < 4.78 is 127. The van der Waals surface area contributed by atoms with Gasteiger partial charge < -0.3 is 56.8 Å². The zero-order valence-electron chi connectivity index (χ0n) is 51.2. The second-order valence-electron chi connectivity index (χ2n) is 20.9. The third-order valence-corrected chi connectivity index (χ3v) is 14.1. The molecule has 0 N–H and O–H groups in total. The minimum absolute atomic E-state index is 0. The topological polar surface area (TPSA) is 162 Å². The number of rotatable bonds is 0. The Bertz CT molecular complexity index is 3780. The first kappa shape index (κ1) is 70.4. The number of fused-ring (bicyclic) bond motifs is 4. The molecule has 0 saturated heterocycles. The first-order valence-corrected chi connectivity index (χ1v) is 32.3. The fourth-order valence-electron chi connectivity index (χ4n) is 9.58. The number of aromatic nitrogens is 4. The van der Waals surface area contributed by atoms with Crippen LogP contribution in [-0.2, 0) is 55.0 Å². The van der Waals surface area contributed by atoms with Crippen molar-refractivity contribution in [2.24, 2.45) is 0 Å². The minimum atomic E-state index is -10.7. The molecule has 10 aromatic rings. The van der Waals surface area contributed by atoms with Crippen LogP contribution < -0.4 is 18.9 Å². The molecule has 500 valence electrons. The Morgan fingerprint density at radius 1 is 0.234 bits per heavy atom. The van der Waals surface area contributed by atoms with Crippen molar-refractivity contribution in [2.75, 3.05) is 132 Å². The second-order valence-corrected chi connectivity index (χ2v) is 22.9. The van der Waals surface area contributed by atoms with Crippen molar-refractivity contribution in [3.05, 3.63) is 182 Å². The average molecular weight is 1370 g/mol. The standard InChI is InChI=1S/C36H36N2O6.C34H34N2O6.Cu.F6P/c1-2-18-40-20-22-42-24-26-44-32-13-7-28(8-14-32)34-16-10-30-4-3-29-9-15-33(37-35(29)36(30)38-34)27-5-11-31(12-6-27)43-25-23-41-21-19-39-17-1;1-2-28-8-14-32-26-5-11-30(12-6-26)42-24-22-40-20-18-38-16-15-37-17-19-39-21-23-41-29-9-3-25(4-10-29)31-13-7-27(1)33(35-31)34(28)36-32;;1-7(2,3,4,5)6/h1-16H,17-26H2;1-14H,15-24H2;;/q;;+1;-1/b2-1-;;;. The molecule has 16 nitrogen and oxygen atoms in total. The Kier molecular flexibility index (Phi) is 25.5. The van der Waals surface area contributed by atoms with Gasteiger partial charge in [0, 0.05) is 43.8 Å². The molecule has 0 atom stereocenters. The summed E-state index contributed by atoms with van der Waals surface area (Å²) in [5.74, 6) is 3.14. The van der Waals surface area contributed by atoms with Gasteiger partial charge in [-0.2, -0.15) is 0 Å². The maximum Gasteiger partial charge on any atom is 1.00 e. The Morgan fingerprint density at radius 3 is 0.628 bits per heavy atom. The second kappa shape index (κ2) is 34.0. The zero-order valence-corrected chi connectivity index (χ0v) is 53.0. The Balaban J connectivity index is 0.000000199. The average Bonchev–Trinajstić information content (AvgIpc) is 0.825. The molecule has 0 aliphatic carbocycles. The Morgan fingerprint density at radius 2 is 0.415 bits per heavy atom. The first-order valence-electron chi connectivity index (χ1n) is 30.3. The number of ether oxygens (including phenoxy) is 12. The summed E-state index contributed by atoms with van der Waals surface area (Å²) in [5, 5.41) is 4.18. The summed E-state index contributed by atoms with van der Waals surface area (Å²) in [6.07, 6.45) is 3.88. The van der Waals surface area contributed by atoms with Crippen LogP contribution in [0.1, 0.15) is 0 Å². The molecule has 0 unspecified atom stereocenters. The van der Waals surface area contributed by atoms with Crippen LogP contribution in [0.2, 0.25) is 0 Å². The van der Waals surface area contributed by atoms with E-state index in [0.717, 1.165) is 112 Å². The van der Waals surface area contributed by atoms with Crippen molar-refractivity contribution in [2.45, 2.75) is 0 Å². The number of pyridine rings is 4. The van der Waals surface area contributed by atoms with Crippen LogP contribution in [0, 0.1) is 0 Å². The maximum absolute atomic E-state index is 10.7. The van der Waals surface area contributed by atoms with Crippen LogP contribution in [0.25, 0.3) is 88.6 Å². The van der Waals surface area contributed by atoms with Gasteiger partial charge >= 0.3 is 50.1 Å². The molecule has 94 heavy (non-hydrogen) atoms. The summed E-state index contributed by atoms with van der Waals surface area (Å²) in [5.41, 5.74) is 11.0. The summed E-state index contributed by atoms with van der Waals surface area (Å²) in [6.45, 7) is 9.96. The van der Waals surface area contributed by atoms with E-state index in [0.29, 0.717) is 132 Å². The van der Waals surface area contributed by atoms with Crippen LogP contribution in [-0.4, -0.2) is 152 Å². The molecule has 10 heterocycles. The van der Waals surface area contributed by atoms with Gasteiger partial charge in [-0.3, -0.25) is 0 Å². The number of halogens is 6. The molecular weight excluding hydrogens is 1300 g/mol. The molecule has 6 aromatic carbocycles. The number of benzene rings is 6. The molecule has 24 heteroatoms. The number of nitrogens with zero attached hydrogens (tertiary/aromatic N) is 4. The number of hydrogen-bond acceptors (Lipinski definition) is 16. The van der Waals surface area contributed by atoms with E-state index in [1.54, 1.807) is 0 Å². The molecule has 6 aliphatic heterocycles. The van der Waals surface area contributed by atoms with Gasteiger partial charge in [0.1, 0.15) is 49.4 Å². The third-order valence-electron chi connectivity index (χ3n) is 14.1. The fraction of sp³-hybridized carbons (Fsp3) is 0.286. The summed E-state index contributed by atoms with van der Waals surface area (Å²) in [6, 6.07) is 56.8. The molecule has 0 spiro atoms. The van der Waals surface area contributed by atoms with Crippen LogP contribution >= 0.6 is 7.81 Å². The first-order chi connectivity index (χ1) is 45.1. The predicted molar refractivity (Wildman–Crippen MR) is 347 cm³/mol. The summed E-state index contributed by atoms with van der Waals surface area (Å²) >= 11 is 0. The normalized spacial score (nSPS) is 16.8. The van der Waals surface area contributed by atoms with Crippen molar-refractivity contribution in [3.8, 4) is 68.0 Å². The van der Waals surface area contributed by atoms with E-state index in [2.05, 4.69) is 48.5 Å². The van der Waals surface area contributed by atoms with Gasteiger partial charge in [0.05, 0.1) is 151 Å². The third kappa shape index (κ3) is 23.2. The monoisotopic (exact) mass is 1370 g/mol.